The molecule has 0 spiro atoms. The van der Waals surface area contributed by atoms with E-state index in [-0.39, 0.29) is 21.4 Å². The fraction of sp³-hybridized carbons (Fsp3) is 0.400. The van der Waals surface area contributed by atoms with Crippen molar-refractivity contribution in [2.24, 2.45) is 0 Å². The summed E-state index contributed by atoms with van der Waals surface area (Å²) in [5.74, 6) is 0.615. The van der Waals surface area contributed by atoms with Crippen LogP contribution >= 0.6 is 11.3 Å². The van der Waals surface area contributed by atoms with Crippen LogP contribution in [0.5, 0.6) is 0 Å². The highest BCUT2D eigenvalue weighted by molar-refractivity contribution is 7.93. The van der Waals surface area contributed by atoms with Crippen LogP contribution in [0.2, 0.25) is 0 Å². The van der Waals surface area contributed by atoms with Crippen LogP contribution in [0.4, 0.5) is 5.13 Å². The number of sulfonamides is 1. The van der Waals surface area contributed by atoms with Crippen molar-refractivity contribution < 1.29 is 17.9 Å². The van der Waals surface area contributed by atoms with Gasteiger partial charge < -0.3 is 9.52 Å². The fourth-order valence-electron chi connectivity index (χ4n) is 1.75. The molecule has 2 aromatic rings. The van der Waals surface area contributed by atoms with Crippen LogP contribution in [0.1, 0.15) is 22.1 Å². The molecular weight excluding hydrogens is 290 g/mol. The van der Waals surface area contributed by atoms with Crippen molar-refractivity contribution in [2.45, 2.75) is 32.3 Å². The molecule has 0 amide bonds. The van der Waals surface area contributed by atoms with Crippen molar-refractivity contribution in [3.05, 3.63) is 22.1 Å². The van der Waals surface area contributed by atoms with Crippen LogP contribution in [0.15, 0.2) is 9.31 Å². The Morgan fingerprint density at radius 2 is 1.95 bits per heavy atom. The second-order valence-electron chi connectivity index (χ2n) is 3.91. The van der Waals surface area contributed by atoms with Crippen LogP contribution in [0.25, 0.3) is 0 Å². The van der Waals surface area contributed by atoms with Gasteiger partial charge in [0.2, 0.25) is 5.13 Å². The Balaban J connectivity index is 2.45. The fourth-order valence-corrected chi connectivity index (χ4v) is 4.01. The monoisotopic (exact) mass is 303 g/mol. The Bertz CT molecular complexity index is 702. The number of hydrogen-bond donors (Lipinski definition) is 2. The number of nitrogens with zero attached hydrogens (tertiary/aromatic N) is 2. The molecule has 0 atom stereocenters. The summed E-state index contributed by atoms with van der Waals surface area (Å²) in [4.78, 5) is -0.0413. The predicted octanol–water partition coefficient (Wildman–Crippen LogP) is 1.35. The summed E-state index contributed by atoms with van der Waals surface area (Å²) in [7, 11) is -3.85. The van der Waals surface area contributed by atoms with Gasteiger partial charge in [0.15, 0.2) is 0 Å². The van der Waals surface area contributed by atoms with E-state index in [0.29, 0.717) is 10.8 Å². The van der Waals surface area contributed by atoms with Gasteiger partial charge in [-0.2, -0.15) is 0 Å². The van der Waals surface area contributed by atoms with Crippen molar-refractivity contribution in [3.63, 3.8) is 0 Å². The van der Waals surface area contributed by atoms with E-state index in [1.165, 1.54) is 6.92 Å². The number of aryl methyl sites for hydroxylation is 3. The third-order valence-corrected chi connectivity index (χ3v) is 4.92. The van der Waals surface area contributed by atoms with Gasteiger partial charge in [-0.1, -0.05) is 11.3 Å². The maximum Gasteiger partial charge on any atom is 0.267 e. The second-order valence-corrected chi connectivity index (χ2v) is 6.71. The van der Waals surface area contributed by atoms with Crippen molar-refractivity contribution >= 4 is 26.5 Å². The van der Waals surface area contributed by atoms with Gasteiger partial charge in [-0.25, -0.2) is 8.42 Å². The lowest BCUT2D eigenvalue weighted by Gasteiger charge is -2.05. The second kappa shape index (κ2) is 4.91. The molecule has 2 aromatic heterocycles. The molecule has 19 heavy (non-hydrogen) atoms. The van der Waals surface area contributed by atoms with Gasteiger partial charge in [0, 0.05) is 5.56 Å². The highest BCUT2D eigenvalue weighted by atomic mass is 32.2. The summed E-state index contributed by atoms with van der Waals surface area (Å²) in [6, 6.07) is 0. The van der Waals surface area contributed by atoms with Gasteiger partial charge in [-0.05, 0) is 20.8 Å². The number of aromatic nitrogens is 2. The van der Waals surface area contributed by atoms with Crippen molar-refractivity contribution in [2.75, 3.05) is 4.72 Å². The Morgan fingerprint density at radius 1 is 1.26 bits per heavy atom. The minimum atomic E-state index is -3.85. The molecule has 0 fully saturated rings. The first kappa shape index (κ1) is 14.0. The lowest BCUT2D eigenvalue weighted by atomic mass is 10.2. The van der Waals surface area contributed by atoms with Crippen molar-refractivity contribution in [1.82, 2.24) is 10.2 Å². The number of hydrogen-bond acceptors (Lipinski definition) is 7. The molecule has 0 saturated carbocycles. The Labute approximate surface area is 114 Å². The minimum absolute atomic E-state index is 0.0413. The average Bonchev–Trinajstić information content (AvgIpc) is 2.81. The Hall–Kier alpha value is -1.45. The highest BCUT2D eigenvalue weighted by Gasteiger charge is 2.27. The molecule has 0 bridgehead atoms. The van der Waals surface area contributed by atoms with E-state index in [0.717, 1.165) is 11.3 Å². The number of nitrogens with one attached hydrogen (secondary N) is 1. The van der Waals surface area contributed by atoms with Gasteiger partial charge in [0.25, 0.3) is 10.0 Å². The summed E-state index contributed by atoms with van der Waals surface area (Å²) in [6.45, 7) is 4.45. The maximum absolute atomic E-state index is 12.3. The SMILES string of the molecule is Cc1nnc(NS(=O)(=O)c2c(C)oc(C)c2CO)s1. The molecule has 9 heteroatoms. The van der Waals surface area contributed by atoms with E-state index >= 15 is 0 Å². The number of rotatable bonds is 4. The predicted molar refractivity (Wildman–Crippen MR) is 69.6 cm³/mol. The zero-order chi connectivity index (χ0) is 14.2. The molecule has 0 aliphatic carbocycles. The molecule has 0 radical (unpaired) electrons. The van der Waals surface area contributed by atoms with Crippen molar-refractivity contribution in [1.29, 1.82) is 0 Å². The van der Waals surface area contributed by atoms with Crippen molar-refractivity contribution in [3.8, 4) is 0 Å². The highest BCUT2D eigenvalue weighted by Crippen LogP contribution is 2.28. The van der Waals surface area contributed by atoms with Crippen LogP contribution in [0.3, 0.4) is 0 Å². The molecule has 0 aliphatic heterocycles. The number of anilines is 1. The van der Waals surface area contributed by atoms with E-state index in [2.05, 4.69) is 14.9 Å². The topological polar surface area (TPSA) is 105 Å². The molecule has 0 aromatic carbocycles. The summed E-state index contributed by atoms with van der Waals surface area (Å²) < 4.78 is 32.1. The third kappa shape index (κ3) is 2.62. The van der Waals surface area contributed by atoms with E-state index in [1.807, 2.05) is 0 Å². The summed E-state index contributed by atoms with van der Waals surface area (Å²) >= 11 is 1.13. The lowest BCUT2D eigenvalue weighted by Crippen LogP contribution is -2.15. The summed E-state index contributed by atoms with van der Waals surface area (Å²) in [5.41, 5.74) is 0.256. The number of aliphatic hydroxyl groups is 1. The number of furan rings is 1. The van der Waals surface area contributed by atoms with Gasteiger partial charge in [-0.15, -0.1) is 10.2 Å². The molecule has 104 valence electrons. The third-order valence-electron chi connectivity index (χ3n) is 2.50. The van der Waals surface area contributed by atoms with Gasteiger partial charge in [-0.3, -0.25) is 4.72 Å². The zero-order valence-electron chi connectivity index (χ0n) is 10.6. The molecule has 2 N–H and O–H groups in total. The molecule has 0 saturated heterocycles. The quantitative estimate of drug-likeness (QED) is 0.883. The van der Waals surface area contributed by atoms with Crippen LogP contribution < -0.4 is 4.72 Å². The first-order valence-electron chi connectivity index (χ1n) is 5.38. The van der Waals surface area contributed by atoms with E-state index < -0.39 is 16.6 Å². The average molecular weight is 303 g/mol. The van der Waals surface area contributed by atoms with Gasteiger partial charge in [0.1, 0.15) is 21.4 Å². The zero-order valence-corrected chi connectivity index (χ0v) is 12.2. The largest absolute Gasteiger partial charge is 0.465 e. The lowest BCUT2D eigenvalue weighted by molar-refractivity contribution is 0.276. The Kier molecular flexibility index (Phi) is 3.61. The summed E-state index contributed by atoms with van der Waals surface area (Å²) in [6.07, 6.45) is 0. The standard InChI is InChI=1S/C10H13N3O4S2/c1-5-8(4-14)9(6(2)17-5)19(15,16)13-10-12-11-7(3)18-10/h14H,4H2,1-3H3,(H,12,13). The van der Waals surface area contributed by atoms with E-state index in [9.17, 15) is 13.5 Å². The van der Waals surface area contributed by atoms with Gasteiger partial charge in [0.05, 0.1) is 6.61 Å². The van der Waals surface area contributed by atoms with Crippen LogP contribution in [0, 0.1) is 20.8 Å². The number of aliphatic hydroxyl groups excluding tert-OH is 1. The molecule has 2 rings (SSSR count). The molecule has 2 heterocycles. The molecule has 7 nitrogen and oxygen atoms in total. The van der Waals surface area contributed by atoms with Crippen LogP contribution in [-0.4, -0.2) is 23.7 Å². The minimum Gasteiger partial charge on any atom is -0.465 e. The van der Waals surface area contributed by atoms with E-state index in [1.54, 1.807) is 13.8 Å². The maximum atomic E-state index is 12.3. The molecular formula is C10H13N3O4S2. The van der Waals surface area contributed by atoms with Crippen LogP contribution in [-0.2, 0) is 16.6 Å². The van der Waals surface area contributed by atoms with E-state index in [4.69, 9.17) is 4.42 Å². The molecule has 0 unspecified atom stereocenters. The smallest absolute Gasteiger partial charge is 0.267 e. The Morgan fingerprint density at radius 3 is 2.47 bits per heavy atom. The first-order valence-corrected chi connectivity index (χ1v) is 7.67. The normalized spacial score (nSPS) is 11.8. The first-order chi connectivity index (χ1) is 8.85. The van der Waals surface area contributed by atoms with Gasteiger partial charge >= 0.3 is 0 Å². The molecule has 0 aliphatic rings. The summed E-state index contributed by atoms with van der Waals surface area (Å²) in [5, 5.41) is 17.5.